The lowest BCUT2D eigenvalue weighted by atomic mass is 10.0. The monoisotopic (exact) mass is 419 g/mol. The first-order valence-corrected chi connectivity index (χ1v) is 11.4. The van der Waals surface area contributed by atoms with Gasteiger partial charge in [0.1, 0.15) is 17.5 Å². The van der Waals surface area contributed by atoms with Crippen LogP contribution in [0.2, 0.25) is 0 Å². The third-order valence-electron chi connectivity index (χ3n) is 5.69. The molecule has 1 aromatic heterocycles. The van der Waals surface area contributed by atoms with Gasteiger partial charge in [-0.1, -0.05) is 12.5 Å². The predicted molar refractivity (Wildman–Crippen MR) is 109 cm³/mol. The van der Waals surface area contributed by atoms with Crippen LogP contribution in [0.15, 0.2) is 23.1 Å². The number of halogens is 1. The predicted octanol–water partition coefficient (Wildman–Crippen LogP) is 2.53. The molecule has 2 aliphatic heterocycles. The molecule has 1 atom stereocenters. The number of rotatable bonds is 4. The molecule has 9 heteroatoms. The molecule has 1 unspecified atom stereocenters. The van der Waals surface area contributed by atoms with Crippen LogP contribution >= 0.6 is 0 Å². The van der Waals surface area contributed by atoms with Gasteiger partial charge in [-0.2, -0.15) is 4.31 Å². The van der Waals surface area contributed by atoms with Crippen molar-refractivity contribution >= 4 is 15.8 Å². The summed E-state index contributed by atoms with van der Waals surface area (Å²) in [5.41, 5.74) is 2.42. The normalized spacial score (nSPS) is 20.3. The van der Waals surface area contributed by atoms with Gasteiger partial charge in [0.15, 0.2) is 0 Å². The minimum atomic E-state index is -3.86. The van der Waals surface area contributed by atoms with Crippen LogP contribution in [-0.2, 0) is 23.0 Å². The number of nitrogens with zero attached hydrogens (tertiary/aromatic N) is 3. The second-order valence-corrected chi connectivity index (χ2v) is 9.46. The Labute approximate surface area is 170 Å². The van der Waals surface area contributed by atoms with Gasteiger partial charge >= 0.3 is 0 Å². The number of fused-ring (bicyclic) bond motifs is 1. The zero-order valence-corrected chi connectivity index (χ0v) is 17.5. The molecule has 0 radical (unpaired) electrons. The lowest BCUT2D eigenvalue weighted by Crippen LogP contribution is -2.40. The summed E-state index contributed by atoms with van der Waals surface area (Å²) in [4.78, 5) is 9.40. The average Bonchev–Trinajstić information content (AvgIpc) is 2.74. The zero-order valence-electron chi connectivity index (χ0n) is 16.7. The molecule has 4 rings (SSSR count). The van der Waals surface area contributed by atoms with E-state index >= 15 is 0 Å². The SMILES string of the molecule is CNc1nc(C2CCCCN2S(=O)(=O)c2ccc(C)c(F)c2)nc2c1CCNC2. The molecule has 29 heavy (non-hydrogen) atoms. The minimum Gasteiger partial charge on any atom is -0.373 e. The summed E-state index contributed by atoms with van der Waals surface area (Å²) in [6.07, 6.45) is 3.13. The Balaban J connectivity index is 1.75. The number of piperidine rings is 1. The van der Waals surface area contributed by atoms with Crippen molar-refractivity contribution in [1.82, 2.24) is 19.6 Å². The molecule has 2 N–H and O–H groups in total. The maximum Gasteiger partial charge on any atom is 0.243 e. The summed E-state index contributed by atoms with van der Waals surface area (Å²) in [6, 6.07) is 3.61. The van der Waals surface area contributed by atoms with E-state index in [0.29, 0.717) is 30.9 Å². The maximum absolute atomic E-state index is 14.1. The van der Waals surface area contributed by atoms with E-state index < -0.39 is 21.9 Å². The van der Waals surface area contributed by atoms with Crippen LogP contribution in [0.5, 0.6) is 0 Å². The van der Waals surface area contributed by atoms with Gasteiger partial charge in [0.05, 0.1) is 16.6 Å². The van der Waals surface area contributed by atoms with Gasteiger partial charge in [-0.15, -0.1) is 0 Å². The molecule has 0 aliphatic carbocycles. The van der Waals surface area contributed by atoms with Gasteiger partial charge in [0.25, 0.3) is 0 Å². The first kappa shape index (κ1) is 20.2. The lowest BCUT2D eigenvalue weighted by molar-refractivity contribution is 0.246. The lowest BCUT2D eigenvalue weighted by Gasteiger charge is -2.34. The molecule has 3 heterocycles. The largest absolute Gasteiger partial charge is 0.373 e. The summed E-state index contributed by atoms with van der Waals surface area (Å²) < 4.78 is 42.2. The molecular formula is C20H26FN5O2S. The molecule has 0 saturated carbocycles. The zero-order chi connectivity index (χ0) is 20.6. The van der Waals surface area contributed by atoms with Crippen LogP contribution in [0.25, 0.3) is 0 Å². The average molecular weight is 420 g/mol. The fourth-order valence-electron chi connectivity index (χ4n) is 4.05. The van der Waals surface area contributed by atoms with Crippen molar-refractivity contribution in [2.24, 2.45) is 0 Å². The Morgan fingerprint density at radius 2 is 2.10 bits per heavy atom. The van der Waals surface area contributed by atoms with E-state index in [4.69, 9.17) is 4.98 Å². The second kappa shape index (κ2) is 7.97. The number of hydrogen-bond acceptors (Lipinski definition) is 6. The quantitative estimate of drug-likeness (QED) is 0.792. The third kappa shape index (κ3) is 3.74. The number of benzene rings is 1. The molecule has 1 fully saturated rings. The topological polar surface area (TPSA) is 87.2 Å². The number of aromatic nitrogens is 2. The van der Waals surface area contributed by atoms with Gasteiger partial charge in [0, 0.05) is 25.7 Å². The fraction of sp³-hybridized carbons (Fsp3) is 0.500. The smallest absolute Gasteiger partial charge is 0.243 e. The van der Waals surface area contributed by atoms with E-state index in [1.807, 2.05) is 7.05 Å². The first-order valence-electron chi connectivity index (χ1n) is 9.98. The Morgan fingerprint density at radius 3 is 2.86 bits per heavy atom. The van der Waals surface area contributed by atoms with Gasteiger partial charge in [-0.3, -0.25) is 0 Å². The second-order valence-electron chi connectivity index (χ2n) is 7.57. The van der Waals surface area contributed by atoms with E-state index in [0.717, 1.165) is 48.9 Å². The highest BCUT2D eigenvalue weighted by Crippen LogP contribution is 2.35. The molecule has 156 valence electrons. The van der Waals surface area contributed by atoms with Gasteiger partial charge in [-0.05, 0) is 50.4 Å². The minimum absolute atomic E-state index is 0.0269. The number of aryl methyl sites for hydroxylation is 1. The van der Waals surface area contributed by atoms with Crippen molar-refractivity contribution in [3.8, 4) is 0 Å². The van der Waals surface area contributed by atoms with Gasteiger partial charge < -0.3 is 10.6 Å². The third-order valence-corrected chi connectivity index (χ3v) is 7.60. The van der Waals surface area contributed by atoms with Crippen LogP contribution in [0, 0.1) is 12.7 Å². The van der Waals surface area contributed by atoms with E-state index in [-0.39, 0.29) is 4.90 Å². The highest BCUT2D eigenvalue weighted by atomic mass is 32.2. The van der Waals surface area contributed by atoms with Gasteiger partial charge in [-0.25, -0.2) is 22.8 Å². The van der Waals surface area contributed by atoms with Gasteiger partial charge in [0.2, 0.25) is 10.0 Å². The summed E-state index contributed by atoms with van der Waals surface area (Å²) in [6.45, 7) is 3.50. The first-order chi connectivity index (χ1) is 13.9. The number of anilines is 1. The Morgan fingerprint density at radius 1 is 1.28 bits per heavy atom. The molecule has 1 saturated heterocycles. The highest BCUT2D eigenvalue weighted by Gasteiger charge is 2.37. The Hall–Kier alpha value is -2.10. The molecule has 0 spiro atoms. The van der Waals surface area contributed by atoms with Crippen molar-refractivity contribution in [1.29, 1.82) is 0 Å². The summed E-state index contributed by atoms with van der Waals surface area (Å²) >= 11 is 0. The molecular weight excluding hydrogens is 393 g/mol. The molecule has 2 aliphatic rings. The number of hydrogen-bond donors (Lipinski definition) is 2. The molecule has 0 amide bonds. The summed E-state index contributed by atoms with van der Waals surface area (Å²) in [7, 11) is -2.04. The van der Waals surface area contributed by atoms with E-state index in [9.17, 15) is 12.8 Å². The van der Waals surface area contributed by atoms with Crippen molar-refractivity contribution in [2.45, 2.75) is 50.1 Å². The van der Waals surface area contributed by atoms with Crippen LogP contribution in [0.3, 0.4) is 0 Å². The molecule has 7 nitrogen and oxygen atoms in total. The Bertz CT molecular complexity index is 1010. The van der Waals surface area contributed by atoms with E-state index in [1.54, 1.807) is 6.92 Å². The Kier molecular flexibility index (Phi) is 5.54. The van der Waals surface area contributed by atoms with Crippen LogP contribution in [-0.4, -0.2) is 42.8 Å². The number of nitrogens with one attached hydrogen (secondary N) is 2. The van der Waals surface area contributed by atoms with Crippen molar-refractivity contribution in [2.75, 3.05) is 25.5 Å². The molecule has 1 aromatic carbocycles. The molecule has 0 bridgehead atoms. The maximum atomic E-state index is 14.1. The van der Waals surface area contributed by atoms with E-state index in [1.165, 1.54) is 16.4 Å². The summed E-state index contributed by atoms with van der Waals surface area (Å²) in [5.74, 6) is 0.747. The van der Waals surface area contributed by atoms with Crippen LogP contribution < -0.4 is 10.6 Å². The van der Waals surface area contributed by atoms with Crippen LogP contribution in [0.4, 0.5) is 10.2 Å². The van der Waals surface area contributed by atoms with Crippen molar-refractivity contribution in [3.05, 3.63) is 46.7 Å². The van der Waals surface area contributed by atoms with Crippen LogP contribution in [0.1, 0.15) is 47.9 Å². The standard InChI is InChI=1S/C20H26FN5O2S/c1-13-6-7-14(11-16(13)21)29(27,28)26-10-4-3-5-18(26)20-24-17-12-23-9-8-15(17)19(22-2)25-20/h6-7,11,18,23H,3-5,8-10,12H2,1-2H3,(H,22,24,25). The van der Waals surface area contributed by atoms with E-state index in [2.05, 4.69) is 15.6 Å². The van der Waals surface area contributed by atoms with Crippen molar-refractivity contribution < 1.29 is 12.8 Å². The highest BCUT2D eigenvalue weighted by molar-refractivity contribution is 7.89. The van der Waals surface area contributed by atoms with Crippen molar-refractivity contribution in [3.63, 3.8) is 0 Å². The summed E-state index contributed by atoms with van der Waals surface area (Å²) in [5, 5.41) is 6.45. The fourth-order valence-corrected chi connectivity index (χ4v) is 5.72. The molecule has 2 aromatic rings. The number of sulfonamides is 1.